The number of ketones is 1. The van der Waals surface area contributed by atoms with Crippen LogP contribution in [0.2, 0.25) is 0 Å². The van der Waals surface area contributed by atoms with Crippen molar-refractivity contribution >= 4 is 5.78 Å². The summed E-state index contributed by atoms with van der Waals surface area (Å²) in [5.41, 5.74) is 2.58. The molecule has 0 aromatic rings. The lowest BCUT2D eigenvalue weighted by atomic mass is 9.90. The summed E-state index contributed by atoms with van der Waals surface area (Å²) in [6.45, 7) is 6.39. The van der Waals surface area contributed by atoms with Crippen molar-refractivity contribution in [2.45, 2.75) is 38.6 Å². The van der Waals surface area contributed by atoms with Crippen LogP contribution in [0.1, 0.15) is 32.6 Å². The molecule has 1 rings (SSSR count). The van der Waals surface area contributed by atoms with Crippen molar-refractivity contribution in [3.8, 4) is 0 Å². The molecule has 0 N–H and O–H groups in total. The number of rotatable bonds is 6. The van der Waals surface area contributed by atoms with Crippen LogP contribution in [0.15, 0.2) is 23.9 Å². The lowest BCUT2D eigenvalue weighted by Gasteiger charge is -2.35. The fourth-order valence-corrected chi connectivity index (χ4v) is 2.63. The van der Waals surface area contributed by atoms with Crippen LogP contribution in [-0.4, -0.2) is 49.3 Å². The minimum Gasteiger partial charge on any atom is -0.370 e. The number of hydrogen-bond donors (Lipinski definition) is 0. The molecule has 0 bridgehead atoms. The molecule has 0 radical (unpaired) electrons. The van der Waals surface area contributed by atoms with Crippen molar-refractivity contribution in [3.63, 3.8) is 0 Å². The molecule has 102 valence electrons. The molecular formula is C15H26N2O. The van der Waals surface area contributed by atoms with Crippen LogP contribution in [-0.2, 0) is 4.79 Å². The monoisotopic (exact) mass is 250 g/mol. The largest absolute Gasteiger partial charge is 0.370 e. The molecule has 0 aromatic heterocycles. The zero-order valence-corrected chi connectivity index (χ0v) is 12.2. The van der Waals surface area contributed by atoms with E-state index in [9.17, 15) is 4.79 Å². The number of carbonyl (C=O) groups excluding carboxylic acids is 1. The van der Waals surface area contributed by atoms with Gasteiger partial charge in [0.15, 0.2) is 5.78 Å². The summed E-state index contributed by atoms with van der Waals surface area (Å²) in [6, 6.07) is 0.436. The van der Waals surface area contributed by atoms with E-state index in [0.717, 1.165) is 6.42 Å². The van der Waals surface area contributed by atoms with Gasteiger partial charge in [0, 0.05) is 25.2 Å². The molecule has 3 heteroatoms. The Morgan fingerprint density at radius 2 is 2.11 bits per heavy atom. The fraction of sp³-hybridized carbons (Fsp3) is 0.667. The Morgan fingerprint density at radius 1 is 1.44 bits per heavy atom. The SMILES string of the molecule is C=CC1=C(N(C)CC(=O)CC)CCC[C@H]1N(C)C. The Labute approximate surface area is 111 Å². The zero-order valence-electron chi connectivity index (χ0n) is 12.2. The second kappa shape index (κ2) is 6.74. The van der Waals surface area contributed by atoms with Gasteiger partial charge in [-0.3, -0.25) is 4.79 Å². The highest BCUT2D eigenvalue weighted by Crippen LogP contribution is 2.30. The van der Waals surface area contributed by atoms with Crippen molar-refractivity contribution in [2.75, 3.05) is 27.7 Å². The van der Waals surface area contributed by atoms with Gasteiger partial charge in [0.05, 0.1) is 6.54 Å². The number of carbonyl (C=O) groups is 1. The second-order valence-electron chi connectivity index (χ2n) is 5.23. The van der Waals surface area contributed by atoms with Crippen molar-refractivity contribution in [1.29, 1.82) is 0 Å². The van der Waals surface area contributed by atoms with Crippen molar-refractivity contribution in [2.24, 2.45) is 0 Å². The van der Waals surface area contributed by atoms with Gasteiger partial charge in [0.25, 0.3) is 0 Å². The molecule has 0 unspecified atom stereocenters. The van der Waals surface area contributed by atoms with Gasteiger partial charge < -0.3 is 9.80 Å². The van der Waals surface area contributed by atoms with E-state index in [4.69, 9.17) is 0 Å². The van der Waals surface area contributed by atoms with Crippen LogP contribution >= 0.6 is 0 Å². The van der Waals surface area contributed by atoms with Crippen LogP contribution in [0.3, 0.4) is 0 Å². The summed E-state index contributed by atoms with van der Waals surface area (Å²) in [7, 11) is 6.23. The minimum absolute atomic E-state index is 0.292. The van der Waals surface area contributed by atoms with Gasteiger partial charge in [0.2, 0.25) is 0 Å². The third kappa shape index (κ3) is 3.45. The van der Waals surface area contributed by atoms with E-state index in [1.807, 2.05) is 20.0 Å². The Balaban J connectivity index is 2.94. The molecule has 0 saturated carbocycles. The number of hydrogen-bond acceptors (Lipinski definition) is 3. The standard InChI is InChI=1S/C15H26N2O/c1-6-12(18)11-17(5)15-10-8-9-14(16(3)4)13(15)7-2/h7,14H,2,6,8-11H2,1,3-5H3/t14-/m1/s1. The molecule has 0 fully saturated rings. The van der Waals surface area contributed by atoms with Crippen LogP contribution < -0.4 is 0 Å². The lowest BCUT2D eigenvalue weighted by Crippen LogP contribution is -2.36. The van der Waals surface area contributed by atoms with Gasteiger partial charge in [0.1, 0.15) is 0 Å². The molecule has 0 heterocycles. The number of allylic oxidation sites excluding steroid dienone is 1. The molecule has 0 aliphatic heterocycles. The molecule has 1 aliphatic rings. The minimum atomic E-state index is 0.292. The highest BCUT2D eigenvalue weighted by Gasteiger charge is 2.24. The first-order chi connectivity index (χ1) is 8.51. The van der Waals surface area contributed by atoms with E-state index in [1.54, 1.807) is 0 Å². The topological polar surface area (TPSA) is 23.6 Å². The smallest absolute Gasteiger partial charge is 0.151 e. The fourth-order valence-electron chi connectivity index (χ4n) is 2.63. The van der Waals surface area contributed by atoms with Gasteiger partial charge in [-0.05, 0) is 38.9 Å². The van der Waals surface area contributed by atoms with Gasteiger partial charge >= 0.3 is 0 Å². The average molecular weight is 250 g/mol. The molecule has 3 nitrogen and oxygen atoms in total. The second-order valence-corrected chi connectivity index (χ2v) is 5.23. The van der Waals surface area contributed by atoms with Crippen LogP contribution in [0.25, 0.3) is 0 Å². The van der Waals surface area contributed by atoms with Gasteiger partial charge in [-0.2, -0.15) is 0 Å². The number of likely N-dealkylation sites (N-methyl/N-ethyl adjacent to an activating group) is 2. The van der Waals surface area contributed by atoms with E-state index in [0.29, 0.717) is 24.8 Å². The maximum absolute atomic E-state index is 11.6. The van der Waals surface area contributed by atoms with Gasteiger partial charge in [-0.25, -0.2) is 0 Å². The zero-order chi connectivity index (χ0) is 13.7. The van der Waals surface area contributed by atoms with Crippen LogP contribution in [0.4, 0.5) is 0 Å². The molecule has 1 aliphatic carbocycles. The first-order valence-electron chi connectivity index (χ1n) is 6.76. The normalized spacial score (nSPS) is 20.2. The van der Waals surface area contributed by atoms with Gasteiger partial charge in [-0.15, -0.1) is 0 Å². The number of Topliss-reactive ketones (excluding diaryl/α,β-unsaturated/α-hetero) is 1. The predicted molar refractivity (Wildman–Crippen MR) is 76.5 cm³/mol. The molecule has 0 spiro atoms. The van der Waals surface area contributed by atoms with E-state index < -0.39 is 0 Å². The van der Waals surface area contributed by atoms with E-state index >= 15 is 0 Å². The van der Waals surface area contributed by atoms with E-state index in [-0.39, 0.29) is 0 Å². The predicted octanol–water partition coefficient (Wildman–Crippen LogP) is 2.45. The van der Waals surface area contributed by atoms with Crippen LogP contribution in [0, 0.1) is 0 Å². The third-order valence-corrected chi connectivity index (χ3v) is 3.70. The Hall–Kier alpha value is -1.09. The van der Waals surface area contributed by atoms with Crippen molar-refractivity contribution < 1.29 is 4.79 Å². The van der Waals surface area contributed by atoms with Crippen LogP contribution in [0.5, 0.6) is 0 Å². The summed E-state index contributed by atoms with van der Waals surface area (Å²) in [6.07, 6.45) is 5.98. The summed E-state index contributed by atoms with van der Waals surface area (Å²) < 4.78 is 0. The maximum Gasteiger partial charge on any atom is 0.151 e. The quantitative estimate of drug-likeness (QED) is 0.723. The highest BCUT2D eigenvalue weighted by molar-refractivity contribution is 5.80. The van der Waals surface area contributed by atoms with Crippen molar-refractivity contribution in [3.05, 3.63) is 23.9 Å². The average Bonchev–Trinajstić information content (AvgIpc) is 2.37. The summed E-state index contributed by atoms with van der Waals surface area (Å²) in [5, 5.41) is 0. The Morgan fingerprint density at radius 3 is 2.61 bits per heavy atom. The van der Waals surface area contributed by atoms with E-state index in [2.05, 4.69) is 30.5 Å². The first-order valence-corrected chi connectivity index (χ1v) is 6.76. The maximum atomic E-state index is 11.6. The summed E-state index contributed by atoms with van der Waals surface area (Å²) in [5.74, 6) is 0.292. The third-order valence-electron chi connectivity index (χ3n) is 3.70. The lowest BCUT2D eigenvalue weighted by molar-refractivity contribution is -0.119. The first kappa shape index (κ1) is 15.0. The highest BCUT2D eigenvalue weighted by atomic mass is 16.1. The molecule has 0 aromatic carbocycles. The molecular weight excluding hydrogens is 224 g/mol. The van der Waals surface area contributed by atoms with E-state index in [1.165, 1.54) is 24.1 Å². The molecule has 0 amide bonds. The Kier molecular flexibility index (Phi) is 5.60. The number of nitrogens with zero attached hydrogens (tertiary/aromatic N) is 2. The van der Waals surface area contributed by atoms with Crippen molar-refractivity contribution in [1.82, 2.24) is 9.80 Å². The van der Waals surface area contributed by atoms with Gasteiger partial charge in [-0.1, -0.05) is 19.6 Å². The Bertz CT molecular complexity index is 344. The summed E-state index contributed by atoms with van der Waals surface area (Å²) >= 11 is 0. The summed E-state index contributed by atoms with van der Waals surface area (Å²) in [4.78, 5) is 15.9. The molecule has 0 saturated heterocycles. The molecule has 18 heavy (non-hydrogen) atoms. The molecule has 1 atom stereocenters.